The Morgan fingerprint density at radius 3 is 3.00 bits per heavy atom. The van der Waals surface area contributed by atoms with Crippen molar-refractivity contribution in [2.45, 2.75) is 19.6 Å². The first-order chi connectivity index (χ1) is 5.27. The Morgan fingerprint density at radius 2 is 2.55 bits per heavy atom. The standard InChI is InChI=1S/C6H12N4O/c1-2-10-4-5(8-9-10)6(11)3-7/h4,6,11H,2-3,7H2,1H3. The van der Waals surface area contributed by atoms with E-state index in [1.807, 2.05) is 6.92 Å². The van der Waals surface area contributed by atoms with Crippen molar-refractivity contribution < 1.29 is 5.11 Å². The fourth-order valence-corrected chi connectivity index (χ4v) is 0.741. The highest BCUT2D eigenvalue weighted by molar-refractivity contribution is 4.97. The molecular weight excluding hydrogens is 144 g/mol. The Morgan fingerprint density at radius 1 is 1.82 bits per heavy atom. The molecular formula is C6H12N4O. The van der Waals surface area contributed by atoms with Gasteiger partial charge < -0.3 is 10.8 Å². The van der Waals surface area contributed by atoms with Crippen molar-refractivity contribution in [1.29, 1.82) is 0 Å². The minimum Gasteiger partial charge on any atom is -0.385 e. The summed E-state index contributed by atoms with van der Waals surface area (Å²) in [7, 11) is 0. The Balaban J connectivity index is 2.71. The summed E-state index contributed by atoms with van der Waals surface area (Å²) in [5, 5.41) is 16.7. The van der Waals surface area contributed by atoms with E-state index in [1.54, 1.807) is 10.9 Å². The number of aryl methyl sites for hydroxylation is 1. The van der Waals surface area contributed by atoms with Crippen molar-refractivity contribution in [3.8, 4) is 0 Å². The summed E-state index contributed by atoms with van der Waals surface area (Å²) in [6.07, 6.45) is 1.01. The lowest BCUT2D eigenvalue weighted by Gasteiger charge is -1.99. The number of aliphatic hydroxyl groups excluding tert-OH is 1. The number of nitrogens with zero attached hydrogens (tertiary/aromatic N) is 3. The highest BCUT2D eigenvalue weighted by Gasteiger charge is 2.08. The van der Waals surface area contributed by atoms with E-state index >= 15 is 0 Å². The molecule has 62 valence electrons. The zero-order valence-electron chi connectivity index (χ0n) is 6.44. The van der Waals surface area contributed by atoms with Crippen molar-refractivity contribution in [2.24, 2.45) is 5.73 Å². The van der Waals surface area contributed by atoms with E-state index in [-0.39, 0.29) is 6.54 Å². The van der Waals surface area contributed by atoms with Crippen molar-refractivity contribution in [1.82, 2.24) is 15.0 Å². The summed E-state index contributed by atoms with van der Waals surface area (Å²) in [6.45, 7) is 2.89. The van der Waals surface area contributed by atoms with Gasteiger partial charge in [0.15, 0.2) is 0 Å². The summed E-state index contributed by atoms with van der Waals surface area (Å²) in [4.78, 5) is 0. The molecule has 1 atom stereocenters. The van der Waals surface area contributed by atoms with Crippen LogP contribution in [-0.4, -0.2) is 26.6 Å². The lowest BCUT2D eigenvalue weighted by atomic mass is 10.3. The summed E-state index contributed by atoms with van der Waals surface area (Å²) in [6, 6.07) is 0. The van der Waals surface area contributed by atoms with E-state index in [0.29, 0.717) is 5.69 Å². The van der Waals surface area contributed by atoms with Gasteiger partial charge in [0.05, 0.1) is 6.20 Å². The third-order valence-electron chi connectivity index (χ3n) is 1.45. The van der Waals surface area contributed by atoms with Crippen LogP contribution in [0.5, 0.6) is 0 Å². The molecule has 0 fully saturated rings. The maximum absolute atomic E-state index is 9.20. The molecule has 0 aliphatic heterocycles. The zero-order chi connectivity index (χ0) is 8.27. The normalized spacial score (nSPS) is 13.4. The predicted octanol–water partition coefficient (Wildman–Crippen LogP) is -0.710. The zero-order valence-corrected chi connectivity index (χ0v) is 6.44. The Labute approximate surface area is 64.8 Å². The van der Waals surface area contributed by atoms with E-state index in [4.69, 9.17) is 5.73 Å². The summed E-state index contributed by atoms with van der Waals surface area (Å²) in [5.41, 5.74) is 5.76. The molecule has 0 aliphatic rings. The van der Waals surface area contributed by atoms with Crippen molar-refractivity contribution in [3.05, 3.63) is 11.9 Å². The molecule has 0 saturated carbocycles. The van der Waals surface area contributed by atoms with Crippen LogP contribution in [0.15, 0.2) is 6.20 Å². The first-order valence-corrected chi connectivity index (χ1v) is 3.56. The van der Waals surface area contributed by atoms with Crippen molar-refractivity contribution in [3.63, 3.8) is 0 Å². The molecule has 0 radical (unpaired) electrons. The third kappa shape index (κ3) is 1.75. The highest BCUT2D eigenvalue weighted by Crippen LogP contribution is 2.05. The number of hydrogen-bond acceptors (Lipinski definition) is 4. The van der Waals surface area contributed by atoms with Crippen LogP contribution in [0.3, 0.4) is 0 Å². The maximum atomic E-state index is 9.20. The second-order valence-corrected chi connectivity index (χ2v) is 2.25. The Bertz CT molecular complexity index is 222. The van der Waals surface area contributed by atoms with Gasteiger partial charge in [0, 0.05) is 13.1 Å². The molecule has 1 aromatic heterocycles. The lowest BCUT2D eigenvalue weighted by molar-refractivity contribution is 0.181. The van der Waals surface area contributed by atoms with Crippen LogP contribution in [-0.2, 0) is 6.54 Å². The lowest BCUT2D eigenvalue weighted by Crippen LogP contribution is -2.11. The Kier molecular flexibility index (Phi) is 2.56. The van der Waals surface area contributed by atoms with Crippen LogP contribution in [0.2, 0.25) is 0 Å². The van der Waals surface area contributed by atoms with Crippen LogP contribution in [0.1, 0.15) is 18.7 Å². The van der Waals surface area contributed by atoms with Crippen LogP contribution < -0.4 is 5.73 Å². The van der Waals surface area contributed by atoms with Crippen LogP contribution >= 0.6 is 0 Å². The van der Waals surface area contributed by atoms with E-state index in [1.165, 1.54) is 0 Å². The van der Waals surface area contributed by atoms with E-state index < -0.39 is 6.10 Å². The van der Waals surface area contributed by atoms with Crippen molar-refractivity contribution in [2.75, 3.05) is 6.54 Å². The number of hydrogen-bond donors (Lipinski definition) is 2. The molecule has 5 nitrogen and oxygen atoms in total. The monoisotopic (exact) mass is 156 g/mol. The average Bonchev–Trinajstić information content (AvgIpc) is 2.50. The molecule has 1 unspecified atom stereocenters. The number of rotatable bonds is 3. The molecule has 1 heterocycles. The molecule has 0 aromatic carbocycles. The quantitative estimate of drug-likeness (QED) is 0.606. The maximum Gasteiger partial charge on any atom is 0.112 e. The molecule has 3 N–H and O–H groups in total. The fourth-order valence-electron chi connectivity index (χ4n) is 0.741. The van der Waals surface area contributed by atoms with Gasteiger partial charge in [-0.2, -0.15) is 0 Å². The molecule has 5 heteroatoms. The fraction of sp³-hybridized carbons (Fsp3) is 0.667. The summed E-state index contributed by atoms with van der Waals surface area (Å²) >= 11 is 0. The van der Waals surface area contributed by atoms with Crippen LogP contribution in [0.25, 0.3) is 0 Å². The molecule has 0 spiro atoms. The van der Waals surface area contributed by atoms with Gasteiger partial charge in [-0.25, -0.2) is 0 Å². The number of aliphatic hydroxyl groups is 1. The molecule has 11 heavy (non-hydrogen) atoms. The average molecular weight is 156 g/mol. The third-order valence-corrected chi connectivity index (χ3v) is 1.45. The second kappa shape index (κ2) is 3.45. The predicted molar refractivity (Wildman–Crippen MR) is 39.7 cm³/mol. The van der Waals surface area contributed by atoms with E-state index in [2.05, 4.69) is 10.3 Å². The van der Waals surface area contributed by atoms with E-state index in [9.17, 15) is 5.11 Å². The SMILES string of the molecule is CCn1cc(C(O)CN)nn1. The van der Waals surface area contributed by atoms with Gasteiger partial charge in [0.25, 0.3) is 0 Å². The smallest absolute Gasteiger partial charge is 0.112 e. The summed E-state index contributed by atoms with van der Waals surface area (Å²) in [5.74, 6) is 0. The second-order valence-electron chi connectivity index (χ2n) is 2.25. The van der Waals surface area contributed by atoms with Crippen LogP contribution in [0.4, 0.5) is 0 Å². The van der Waals surface area contributed by atoms with Gasteiger partial charge in [-0.15, -0.1) is 5.10 Å². The van der Waals surface area contributed by atoms with Gasteiger partial charge in [0.1, 0.15) is 11.8 Å². The molecule has 0 bridgehead atoms. The largest absolute Gasteiger partial charge is 0.385 e. The molecule has 1 rings (SSSR count). The van der Waals surface area contributed by atoms with Crippen molar-refractivity contribution >= 4 is 0 Å². The molecule has 0 amide bonds. The van der Waals surface area contributed by atoms with Gasteiger partial charge >= 0.3 is 0 Å². The van der Waals surface area contributed by atoms with Crippen LogP contribution in [0, 0.1) is 0 Å². The molecule has 1 aromatic rings. The first kappa shape index (κ1) is 8.16. The minimum absolute atomic E-state index is 0.183. The first-order valence-electron chi connectivity index (χ1n) is 3.56. The number of nitrogens with two attached hydrogens (primary N) is 1. The Hall–Kier alpha value is -0.940. The van der Waals surface area contributed by atoms with Gasteiger partial charge in [-0.3, -0.25) is 4.68 Å². The van der Waals surface area contributed by atoms with Gasteiger partial charge in [-0.1, -0.05) is 5.21 Å². The topological polar surface area (TPSA) is 77.0 Å². The summed E-state index contributed by atoms with van der Waals surface area (Å²) < 4.78 is 1.65. The number of aromatic nitrogens is 3. The van der Waals surface area contributed by atoms with Gasteiger partial charge in [0.2, 0.25) is 0 Å². The van der Waals surface area contributed by atoms with Gasteiger partial charge in [-0.05, 0) is 6.92 Å². The van der Waals surface area contributed by atoms with E-state index in [0.717, 1.165) is 6.54 Å². The minimum atomic E-state index is -0.685. The molecule has 0 saturated heterocycles. The highest BCUT2D eigenvalue weighted by atomic mass is 16.3. The molecule has 0 aliphatic carbocycles.